The first kappa shape index (κ1) is 21.8. The monoisotopic (exact) mass is 436 g/mol. The van der Waals surface area contributed by atoms with E-state index in [1.165, 1.54) is 6.26 Å². The molecule has 1 N–H and O–H groups in total. The first-order valence-electron chi connectivity index (χ1n) is 11.0. The van der Waals surface area contributed by atoms with E-state index in [4.69, 9.17) is 8.94 Å². The van der Waals surface area contributed by atoms with Crippen LogP contribution in [0.15, 0.2) is 51.6 Å². The van der Waals surface area contributed by atoms with Gasteiger partial charge in [0.25, 0.3) is 11.8 Å². The molecule has 8 heteroatoms. The van der Waals surface area contributed by atoms with Crippen LogP contribution in [0.2, 0.25) is 0 Å². The quantitative estimate of drug-likeness (QED) is 0.631. The maximum atomic E-state index is 13.1. The highest BCUT2D eigenvalue weighted by atomic mass is 16.5. The Morgan fingerprint density at radius 1 is 1.16 bits per heavy atom. The fourth-order valence-corrected chi connectivity index (χ4v) is 3.98. The van der Waals surface area contributed by atoms with Crippen molar-refractivity contribution in [1.29, 1.82) is 0 Å². The zero-order valence-electron chi connectivity index (χ0n) is 18.6. The number of rotatable bonds is 6. The average Bonchev–Trinajstić information content (AvgIpc) is 3.49. The highest BCUT2D eigenvalue weighted by Gasteiger charge is 2.33. The first-order valence-corrected chi connectivity index (χ1v) is 11.0. The molecule has 2 aromatic heterocycles. The van der Waals surface area contributed by atoms with Gasteiger partial charge in [-0.05, 0) is 49.9 Å². The second kappa shape index (κ2) is 9.38. The summed E-state index contributed by atoms with van der Waals surface area (Å²) in [6, 6.07) is 10.6. The summed E-state index contributed by atoms with van der Waals surface area (Å²) >= 11 is 0. The molecular weight excluding hydrogens is 408 g/mol. The Balaban J connectivity index is 1.37. The molecule has 1 atom stereocenters. The maximum Gasteiger partial charge on any atom is 0.287 e. The van der Waals surface area contributed by atoms with E-state index in [0.717, 1.165) is 24.0 Å². The van der Waals surface area contributed by atoms with Crippen molar-refractivity contribution >= 4 is 11.8 Å². The predicted molar refractivity (Wildman–Crippen MR) is 118 cm³/mol. The lowest BCUT2D eigenvalue weighted by Crippen LogP contribution is -2.52. The minimum Gasteiger partial charge on any atom is -0.459 e. The van der Waals surface area contributed by atoms with Gasteiger partial charge in [-0.1, -0.05) is 36.7 Å². The van der Waals surface area contributed by atoms with Gasteiger partial charge < -0.3 is 19.2 Å². The molecular formula is C24H28N4O4. The van der Waals surface area contributed by atoms with Crippen molar-refractivity contribution in [3.63, 3.8) is 0 Å². The highest BCUT2D eigenvalue weighted by molar-refractivity contribution is 5.95. The van der Waals surface area contributed by atoms with Crippen LogP contribution >= 0.6 is 0 Å². The van der Waals surface area contributed by atoms with Crippen LogP contribution in [0.1, 0.15) is 54.5 Å². The SMILES string of the molecule is Cc1cccc(-c2nc(C3CCN(C(=O)[C@@H](NC(=O)c4ccco4)C(C)C)CC3)no2)c1. The van der Waals surface area contributed by atoms with Crippen molar-refractivity contribution < 1.29 is 18.5 Å². The molecule has 0 bridgehead atoms. The summed E-state index contributed by atoms with van der Waals surface area (Å²) in [6.07, 6.45) is 2.93. The topological polar surface area (TPSA) is 101 Å². The third-order valence-electron chi connectivity index (χ3n) is 5.84. The molecule has 32 heavy (non-hydrogen) atoms. The lowest BCUT2D eigenvalue weighted by atomic mass is 9.94. The molecule has 3 aromatic rings. The number of piperidine rings is 1. The fraction of sp³-hybridized carbons (Fsp3) is 0.417. The van der Waals surface area contributed by atoms with Gasteiger partial charge in [-0.25, -0.2) is 0 Å². The molecule has 1 aromatic carbocycles. The normalized spacial score (nSPS) is 15.7. The molecule has 0 aliphatic carbocycles. The Bertz CT molecular complexity index is 1070. The van der Waals surface area contributed by atoms with E-state index in [1.54, 1.807) is 12.1 Å². The maximum absolute atomic E-state index is 13.1. The third kappa shape index (κ3) is 4.74. The number of hydrogen-bond donors (Lipinski definition) is 1. The highest BCUT2D eigenvalue weighted by Crippen LogP contribution is 2.29. The van der Waals surface area contributed by atoms with Gasteiger partial charge in [0.2, 0.25) is 5.91 Å². The molecule has 0 unspecified atom stereocenters. The van der Waals surface area contributed by atoms with E-state index in [-0.39, 0.29) is 29.4 Å². The number of amides is 2. The molecule has 0 radical (unpaired) electrons. The molecule has 1 aliphatic heterocycles. The Morgan fingerprint density at radius 2 is 1.94 bits per heavy atom. The Kier molecular flexibility index (Phi) is 6.39. The van der Waals surface area contributed by atoms with Crippen molar-refractivity contribution in [2.45, 2.75) is 45.6 Å². The summed E-state index contributed by atoms with van der Waals surface area (Å²) in [6.45, 7) is 7.03. The van der Waals surface area contributed by atoms with Crippen LogP contribution in [0, 0.1) is 12.8 Å². The van der Waals surface area contributed by atoms with Gasteiger partial charge in [0.05, 0.1) is 6.26 Å². The number of nitrogens with one attached hydrogen (secondary N) is 1. The van der Waals surface area contributed by atoms with Crippen LogP contribution in [0.5, 0.6) is 0 Å². The lowest BCUT2D eigenvalue weighted by molar-refractivity contribution is -0.135. The van der Waals surface area contributed by atoms with Crippen LogP contribution < -0.4 is 5.32 Å². The molecule has 1 aliphatic rings. The number of aromatic nitrogens is 2. The van der Waals surface area contributed by atoms with Gasteiger partial charge >= 0.3 is 0 Å². The molecule has 1 saturated heterocycles. The fourth-order valence-electron chi connectivity index (χ4n) is 3.98. The smallest absolute Gasteiger partial charge is 0.287 e. The molecule has 168 valence electrons. The van der Waals surface area contributed by atoms with Gasteiger partial charge in [0.1, 0.15) is 6.04 Å². The van der Waals surface area contributed by atoms with Crippen molar-refractivity contribution in [1.82, 2.24) is 20.4 Å². The van der Waals surface area contributed by atoms with E-state index in [2.05, 4.69) is 15.5 Å². The van der Waals surface area contributed by atoms with E-state index in [0.29, 0.717) is 24.8 Å². The van der Waals surface area contributed by atoms with Gasteiger partial charge in [-0.2, -0.15) is 4.98 Å². The first-order chi connectivity index (χ1) is 15.4. The second-order valence-electron chi connectivity index (χ2n) is 8.60. The number of carbonyl (C=O) groups excluding carboxylic acids is 2. The van der Waals surface area contributed by atoms with Crippen LogP contribution in [0.25, 0.3) is 11.5 Å². The number of furan rings is 1. The van der Waals surface area contributed by atoms with E-state index in [1.807, 2.05) is 49.9 Å². The standard InChI is InChI=1S/C24H28N4O4/c1-15(2)20(25-22(29)19-8-5-13-31-19)24(30)28-11-9-17(10-12-28)21-26-23(32-27-21)18-7-4-6-16(3)14-18/h4-8,13-15,17,20H,9-12H2,1-3H3,(H,25,29)/t20-/m0/s1. The minimum atomic E-state index is -0.609. The molecule has 3 heterocycles. The Hall–Kier alpha value is -3.42. The van der Waals surface area contributed by atoms with Crippen LogP contribution in [0.3, 0.4) is 0 Å². The van der Waals surface area contributed by atoms with Crippen molar-refractivity contribution in [2.24, 2.45) is 5.92 Å². The Labute approximate surface area is 187 Å². The van der Waals surface area contributed by atoms with Crippen LogP contribution in [-0.2, 0) is 4.79 Å². The zero-order chi connectivity index (χ0) is 22.7. The van der Waals surface area contributed by atoms with Crippen LogP contribution in [0.4, 0.5) is 0 Å². The molecule has 0 spiro atoms. The number of likely N-dealkylation sites (tertiary alicyclic amines) is 1. The van der Waals surface area contributed by atoms with E-state index < -0.39 is 6.04 Å². The summed E-state index contributed by atoms with van der Waals surface area (Å²) in [7, 11) is 0. The van der Waals surface area contributed by atoms with Crippen LogP contribution in [-0.4, -0.2) is 46.0 Å². The second-order valence-corrected chi connectivity index (χ2v) is 8.60. The zero-order valence-corrected chi connectivity index (χ0v) is 18.6. The molecule has 1 fully saturated rings. The molecule has 0 saturated carbocycles. The lowest BCUT2D eigenvalue weighted by Gasteiger charge is -2.34. The van der Waals surface area contributed by atoms with Gasteiger partial charge in [0.15, 0.2) is 11.6 Å². The Morgan fingerprint density at radius 3 is 2.59 bits per heavy atom. The number of carbonyl (C=O) groups is 2. The summed E-state index contributed by atoms with van der Waals surface area (Å²) < 4.78 is 10.6. The number of aryl methyl sites for hydroxylation is 1. The molecule has 8 nitrogen and oxygen atoms in total. The van der Waals surface area contributed by atoms with Crippen molar-refractivity contribution in [2.75, 3.05) is 13.1 Å². The van der Waals surface area contributed by atoms with E-state index in [9.17, 15) is 9.59 Å². The largest absolute Gasteiger partial charge is 0.459 e. The molecule has 4 rings (SSSR count). The van der Waals surface area contributed by atoms with Gasteiger partial charge in [-0.3, -0.25) is 9.59 Å². The minimum absolute atomic E-state index is 0.0479. The van der Waals surface area contributed by atoms with Crippen molar-refractivity contribution in [3.8, 4) is 11.5 Å². The number of hydrogen-bond acceptors (Lipinski definition) is 6. The van der Waals surface area contributed by atoms with E-state index >= 15 is 0 Å². The van der Waals surface area contributed by atoms with Gasteiger partial charge in [0, 0.05) is 24.6 Å². The summed E-state index contributed by atoms with van der Waals surface area (Å²) in [5.74, 6) is 1.02. The predicted octanol–water partition coefficient (Wildman–Crippen LogP) is 3.80. The number of benzene rings is 1. The van der Waals surface area contributed by atoms with Gasteiger partial charge in [-0.15, -0.1) is 0 Å². The van der Waals surface area contributed by atoms with Crippen molar-refractivity contribution in [3.05, 3.63) is 59.8 Å². The average molecular weight is 437 g/mol. The summed E-state index contributed by atoms with van der Waals surface area (Å²) in [4.78, 5) is 31.9. The third-order valence-corrected chi connectivity index (χ3v) is 5.84. The summed E-state index contributed by atoms with van der Waals surface area (Å²) in [5, 5.41) is 7.01. The summed E-state index contributed by atoms with van der Waals surface area (Å²) in [5.41, 5.74) is 2.04. The molecule has 2 amide bonds. The number of nitrogens with zero attached hydrogens (tertiary/aromatic N) is 3.